The van der Waals surface area contributed by atoms with Gasteiger partial charge < -0.3 is 19.9 Å². The van der Waals surface area contributed by atoms with Crippen LogP contribution in [0, 0.1) is 11.3 Å². The molecule has 1 aliphatic rings. The van der Waals surface area contributed by atoms with E-state index in [0.29, 0.717) is 35.0 Å². The number of nitrogens with two attached hydrogens (primary N) is 1. The van der Waals surface area contributed by atoms with Gasteiger partial charge >= 0.3 is 5.97 Å². The topological polar surface area (TPSA) is 94.6 Å². The lowest BCUT2D eigenvalue weighted by Crippen LogP contribution is -2.21. The number of nitrogens with zero attached hydrogens (tertiary/aromatic N) is 1. The van der Waals surface area contributed by atoms with E-state index in [9.17, 15) is 10.1 Å². The summed E-state index contributed by atoms with van der Waals surface area (Å²) in [5.41, 5.74) is 10.7. The number of nitriles is 1. The highest BCUT2D eigenvalue weighted by atomic mass is 16.5. The SMILES string of the molecule is CC(C)(C)c1ccc(C(=O)Oc2ccc3c(c2)OC(N)=C(C#N)C3c2ccc(OCc3ccccc3)cc2)cc1. The standard InChI is InChI=1S/C34H30N2O4/c1-34(2,3)25-13-9-24(10-14-25)33(37)39-27-17-18-28-30(19-27)40-32(36)29(20-35)31(28)23-11-15-26(16-12-23)38-21-22-7-5-4-6-8-22/h4-19,31H,21,36H2,1-3H3. The van der Waals surface area contributed by atoms with Gasteiger partial charge in [-0.25, -0.2) is 4.79 Å². The third-order valence-electron chi connectivity index (χ3n) is 6.85. The normalized spacial score (nSPS) is 14.5. The average molecular weight is 531 g/mol. The molecular weight excluding hydrogens is 500 g/mol. The van der Waals surface area contributed by atoms with Gasteiger partial charge in [-0.15, -0.1) is 0 Å². The summed E-state index contributed by atoms with van der Waals surface area (Å²) in [7, 11) is 0. The van der Waals surface area contributed by atoms with Gasteiger partial charge in [-0.3, -0.25) is 0 Å². The van der Waals surface area contributed by atoms with Gasteiger partial charge in [-0.1, -0.05) is 81.4 Å². The first kappa shape index (κ1) is 26.6. The van der Waals surface area contributed by atoms with Gasteiger partial charge in [0.2, 0.25) is 5.88 Å². The molecule has 4 aromatic rings. The molecule has 0 saturated heterocycles. The van der Waals surface area contributed by atoms with Crippen LogP contribution in [-0.4, -0.2) is 5.97 Å². The minimum Gasteiger partial charge on any atom is -0.489 e. The van der Waals surface area contributed by atoms with Crippen molar-refractivity contribution in [1.29, 1.82) is 5.26 Å². The number of hydrogen-bond acceptors (Lipinski definition) is 6. The van der Waals surface area contributed by atoms with Crippen LogP contribution in [0.25, 0.3) is 0 Å². The summed E-state index contributed by atoms with van der Waals surface area (Å²) >= 11 is 0. The molecule has 0 saturated carbocycles. The van der Waals surface area contributed by atoms with E-state index in [1.807, 2.05) is 66.7 Å². The summed E-state index contributed by atoms with van der Waals surface area (Å²) in [6, 6.07) is 32.2. The van der Waals surface area contributed by atoms with E-state index in [2.05, 4.69) is 26.8 Å². The lowest BCUT2D eigenvalue weighted by molar-refractivity contribution is 0.0734. The molecule has 2 N–H and O–H groups in total. The van der Waals surface area contributed by atoms with Crippen LogP contribution in [0.2, 0.25) is 0 Å². The number of hydrogen-bond donors (Lipinski definition) is 1. The van der Waals surface area contributed by atoms with Crippen molar-refractivity contribution in [2.24, 2.45) is 5.73 Å². The summed E-state index contributed by atoms with van der Waals surface area (Å²) < 4.78 is 17.4. The zero-order valence-corrected chi connectivity index (χ0v) is 22.7. The van der Waals surface area contributed by atoms with E-state index in [1.54, 1.807) is 30.3 Å². The quantitative estimate of drug-likeness (QED) is 0.213. The fourth-order valence-electron chi connectivity index (χ4n) is 4.61. The Hall–Kier alpha value is -5.02. The zero-order valence-electron chi connectivity index (χ0n) is 22.7. The summed E-state index contributed by atoms with van der Waals surface area (Å²) in [6.07, 6.45) is 0. The molecule has 0 radical (unpaired) electrons. The number of ether oxygens (including phenoxy) is 3. The Morgan fingerprint density at radius 2 is 1.60 bits per heavy atom. The van der Waals surface area contributed by atoms with Crippen molar-refractivity contribution in [3.63, 3.8) is 0 Å². The van der Waals surface area contributed by atoms with Crippen molar-refractivity contribution in [3.8, 4) is 23.3 Å². The molecule has 5 rings (SSSR count). The van der Waals surface area contributed by atoms with Gasteiger partial charge in [0.15, 0.2) is 0 Å². The van der Waals surface area contributed by atoms with Crippen molar-refractivity contribution in [2.75, 3.05) is 0 Å². The lowest BCUT2D eigenvalue weighted by atomic mass is 9.83. The maximum absolute atomic E-state index is 12.8. The second-order valence-corrected chi connectivity index (χ2v) is 10.7. The van der Waals surface area contributed by atoms with Crippen LogP contribution in [-0.2, 0) is 12.0 Å². The molecule has 1 unspecified atom stereocenters. The number of esters is 1. The second-order valence-electron chi connectivity index (χ2n) is 10.7. The Morgan fingerprint density at radius 3 is 2.25 bits per heavy atom. The summed E-state index contributed by atoms with van der Waals surface area (Å²) in [5.74, 6) is 0.574. The van der Waals surface area contributed by atoms with Gasteiger partial charge in [-0.05, 0) is 52.4 Å². The maximum Gasteiger partial charge on any atom is 0.343 e. The van der Waals surface area contributed by atoms with Crippen molar-refractivity contribution in [2.45, 2.75) is 38.7 Å². The average Bonchev–Trinajstić information content (AvgIpc) is 2.96. The minimum atomic E-state index is -0.472. The molecule has 4 aromatic carbocycles. The number of benzene rings is 4. The number of carbonyl (C=O) groups excluding carboxylic acids is 1. The third kappa shape index (κ3) is 5.69. The predicted molar refractivity (Wildman–Crippen MR) is 153 cm³/mol. The summed E-state index contributed by atoms with van der Waals surface area (Å²) in [5, 5.41) is 9.89. The maximum atomic E-state index is 12.8. The number of rotatable bonds is 6. The van der Waals surface area contributed by atoms with Crippen LogP contribution in [0.1, 0.15) is 59.3 Å². The van der Waals surface area contributed by atoms with Crippen LogP contribution in [0.4, 0.5) is 0 Å². The van der Waals surface area contributed by atoms with Crippen molar-refractivity contribution >= 4 is 5.97 Å². The van der Waals surface area contributed by atoms with Gasteiger partial charge in [0, 0.05) is 11.6 Å². The van der Waals surface area contributed by atoms with E-state index in [1.165, 1.54) is 0 Å². The molecule has 40 heavy (non-hydrogen) atoms. The highest BCUT2D eigenvalue weighted by Gasteiger charge is 2.31. The van der Waals surface area contributed by atoms with Gasteiger partial charge in [-0.2, -0.15) is 5.26 Å². The first-order chi connectivity index (χ1) is 19.2. The molecule has 0 amide bonds. The molecule has 1 atom stereocenters. The molecule has 6 nitrogen and oxygen atoms in total. The highest BCUT2D eigenvalue weighted by Crippen LogP contribution is 2.43. The fourth-order valence-corrected chi connectivity index (χ4v) is 4.61. The van der Waals surface area contributed by atoms with Crippen molar-refractivity contribution in [1.82, 2.24) is 0 Å². The van der Waals surface area contributed by atoms with E-state index in [4.69, 9.17) is 19.9 Å². The Kier molecular flexibility index (Phi) is 7.31. The Labute approximate surface area is 234 Å². The minimum absolute atomic E-state index is 0.0138. The van der Waals surface area contributed by atoms with Crippen LogP contribution in [0.15, 0.2) is 109 Å². The summed E-state index contributed by atoms with van der Waals surface area (Å²) in [4.78, 5) is 12.8. The molecule has 6 heteroatoms. The van der Waals surface area contributed by atoms with Crippen LogP contribution in [0.5, 0.6) is 17.2 Å². The zero-order chi connectivity index (χ0) is 28.3. The first-order valence-electron chi connectivity index (χ1n) is 13.0. The first-order valence-corrected chi connectivity index (χ1v) is 13.0. The predicted octanol–water partition coefficient (Wildman–Crippen LogP) is 7.00. The van der Waals surface area contributed by atoms with Crippen molar-refractivity contribution in [3.05, 3.63) is 136 Å². The van der Waals surface area contributed by atoms with Crippen molar-refractivity contribution < 1.29 is 19.0 Å². The molecule has 0 bridgehead atoms. The molecule has 200 valence electrons. The second kappa shape index (κ2) is 11.0. The van der Waals surface area contributed by atoms with Gasteiger partial charge in [0.1, 0.15) is 35.5 Å². The monoisotopic (exact) mass is 530 g/mol. The molecule has 0 spiro atoms. The summed E-state index contributed by atoms with van der Waals surface area (Å²) in [6.45, 7) is 6.81. The van der Waals surface area contributed by atoms with Gasteiger partial charge in [0.25, 0.3) is 0 Å². The third-order valence-corrected chi connectivity index (χ3v) is 6.85. The number of carbonyl (C=O) groups is 1. The smallest absolute Gasteiger partial charge is 0.343 e. The number of fused-ring (bicyclic) bond motifs is 1. The molecule has 1 aliphatic heterocycles. The highest BCUT2D eigenvalue weighted by molar-refractivity contribution is 5.91. The molecule has 1 heterocycles. The number of allylic oxidation sites excluding steroid dienone is 1. The fraction of sp³-hybridized carbons (Fsp3) is 0.176. The Bertz CT molecular complexity index is 1590. The lowest BCUT2D eigenvalue weighted by Gasteiger charge is -2.27. The van der Waals surface area contributed by atoms with Crippen LogP contribution < -0.4 is 19.9 Å². The largest absolute Gasteiger partial charge is 0.489 e. The van der Waals surface area contributed by atoms with Gasteiger partial charge in [0.05, 0.1) is 11.5 Å². The van der Waals surface area contributed by atoms with E-state index >= 15 is 0 Å². The molecular formula is C34H30N2O4. The molecule has 0 aromatic heterocycles. The van der Waals surface area contributed by atoms with E-state index < -0.39 is 11.9 Å². The molecule has 0 aliphatic carbocycles. The van der Waals surface area contributed by atoms with Crippen LogP contribution >= 0.6 is 0 Å². The Balaban J connectivity index is 1.36. The molecule has 0 fully saturated rings. The Morgan fingerprint density at radius 1 is 0.925 bits per heavy atom. The van der Waals surface area contributed by atoms with Crippen LogP contribution in [0.3, 0.4) is 0 Å². The van der Waals surface area contributed by atoms with E-state index in [-0.39, 0.29) is 11.3 Å². The van der Waals surface area contributed by atoms with E-state index in [0.717, 1.165) is 22.3 Å².